The molecule has 1 aromatic carbocycles. The second kappa shape index (κ2) is 4.51. The van der Waals surface area contributed by atoms with Crippen molar-refractivity contribution in [1.82, 2.24) is 0 Å². The van der Waals surface area contributed by atoms with E-state index >= 15 is 0 Å². The molecule has 0 aliphatic carbocycles. The summed E-state index contributed by atoms with van der Waals surface area (Å²) in [4.78, 5) is 4.08. The van der Waals surface area contributed by atoms with Gasteiger partial charge in [0.2, 0.25) is 0 Å². The lowest BCUT2D eigenvalue weighted by Crippen LogP contribution is -2.28. The van der Waals surface area contributed by atoms with Crippen LogP contribution in [0.4, 0.5) is 10.1 Å². The van der Waals surface area contributed by atoms with Crippen molar-refractivity contribution in [2.24, 2.45) is 16.1 Å². The second-order valence-electron chi connectivity index (χ2n) is 4.56. The lowest BCUT2D eigenvalue weighted by Gasteiger charge is -2.17. The summed E-state index contributed by atoms with van der Waals surface area (Å²) in [6.07, 6.45) is 0. The van der Waals surface area contributed by atoms with E-state index in [1.54, 1.807) is 6.07 Å². The summed E-state index contributed by atoms with van der Waals surface area (Å²) in [6.45, 7) is 5.76. The SMILES string of the molecule is COc1ccc(F)c(N=C(N)C(C)(C)C)c1. The molecule has 0 atom stereocenters. The molecule has 0 fully saturated rings. The number of amidine groups is 1. The fourth-order valence-corrected chi connectivity index (χ4v) is 1.00. The van der Waals surface area contributed by atoms with Crippen LogP contribution < -0.4 is 10.5 Å². The highest BCUT2D eigenvalue weighted by atomic mass is 19.1. The topological polar surface area (TPSA) is 47.6 Å². The Labute approximate surface area is 95.1 Å². The standard InChI is InChI=1S/C12H17FN2O/c1-12(2,3)11(14)15-10-7-8(16-4)5-6-9(10)13/h5-7H,1-4H3,(H2,14,15). The molecule has 1 rings (SSSR count). The third kappa shape index (κ3) is 2.95. The molecular formula is C12H17FN2O. The van der Waals surface area contributed by atoms with E-state index < -0.39 is 5.82 Å². The maximum atomic E-state index is 13.4. The first-order chi connectivity index (χ1) is 7.34. The first-order valence-corrected chi connectivity index (χ1v) is 5.03. The van der Waals surface area contributed by atoms with Gasteiger partial charge in [-0.15, -0.1) is 0 Å². The van der Waals surface area contributed by atoms with Crippen LogP contribution in [0, 0.1) is 11.2 Å². The van der Waals surface area contributed by atoms with Gasteiger partial charge in [-0.2, -0.15) is 0 Å². The molecule has 0 aromatic heterocycles. The van der Waals surface area contributed by atoms with Crippen LogP contribution in [0.25, 0.3) is 0 Å². The number of benzene rings is 1. The van der Waals surface area contributed by atoms with Crippen molar-refractivity contribution in [2.45, 2.75) is 20.8 Å². The van der Waals surface area contributed by atoms with Gasteiger partial charge in [-0.3, -0.25) is 0 Å². The van der Waals surface area contributed by atoms with Crippen molar-refractivity contribution in [3.8, 4) is 5.75 Å². The molecule has 4 heteroatoms. The van der Waals surface area contributed by atoms with E-state index in [2.05, 4.69) is 4.99 Å². The minimum Gasteiger partial charge on any atom is -0.497 e. The van der Waals surface area contributed by atoms with Gasteiger partial charge in [-0.1, -0.05) is 20.8 Å². The van der Waals surface area contributed by atoms with Crippen molar-refractivity contribution in [3.05, 3.63) is 24.0 Å². The Bertz CT molecular complexity index is 408. The quantitative estimate of drug-likeness (QED) is 0.620. The number of rotatable bonds is 2. The largest absolute Gasteiger partial charge is 0.497 e. The maximum Gasteiger partial charge on any atom is 0.149 e. The molecule has 0 aliphatic rings. The van der Waals surface area contributed by atoms with Crippen LogP contribution in [0.5, 0.6) is 5.75 Å². The average Bonchev–Trinajstić information content (AvgIpc) is 2.19. The van der Waals surface area contributed by atoms with Crippen molar-refractivity contribution in [3.63, 3.8) is 0 Å². The number of nitrogens with zero attached hydrogens (tertiary/aromatic N) is 1. The van der Waals surface area contributed by atoms with Crippen LogP contribution >= 0.6 is 0 Å². The van der Waals surface area contributed by atoms with Gasteiger partial charge in [-0.05, 0) is 12.1 Å². The number of hydrogen-bond acceptors (Lipinski definition) is 2. The van der Waals surface area contributed by atoms with Gasteiger partial charge in [0.1, 0.15) is 23.1 Å². The second-order valence-corrected chi connectivity index (χ2v) is 4.56. The van der Waals surface area contributed by atoms with Crippen molar-refractivity contribution in [2.75, 3.05) is 7.11 Å². The Morgan fingerprint density at radius 2 is 2.00 bits per heavy atom. The lowest BCUT2D eigenvalue weighted by molar-refractivity contribution is 0.414. The summed E-state index contributed by atoms with van der Waals surface area (Å²) in [6, 6.07) is 4.38. The maximum absolute atomic E-state index is 13.4. The van der Waals surface area contributed by atoms with Crippen LogP contribution in [0.1, 0.15) is 20.8 Å². The monoisotopic (exact) mass is 224 g/mol. The zero-order chi connectivity index (χ0) is 12.3. The lowest BCUT2D eigenvalue weighted by atomic mass is 9.95. The predicted molar refractivity (Wildman–Crippen MR) is 63.7 cm³/mol. The molecule has 1 aromatic rings. The molecule has 0 heterocycles. The predicted octanol–water partition coefficient (Wildman–Crippen LogP) is 2.87. The number of aliphatic imine (C=N–C) groups is 1. The Morgan fingerprint density at radius 3 is 2.50 bits per heavy atom. The van der Waals surface area contributed by atoms with Crippen LogP contribution in [0.15, 0.2) is 23.2 Å². The van der Waals surface area contributed by atoms with Gasteiger partial charge < -0.3 is 10.5 Å². The molecule has 0 amide bonds. The summed E-state index contributed by atoms with van der Waals surface area (Å²) in [5, 5.41) is 0. The molecule has 0 aliphatic heterocycles. The van der Waals surface area contributed by atoms with Crippen molar-refractivity contribution >= 4 is 11.5 Å². The van der Waals surface area contributed by atoms with Crippen LogP contribution in [-0.4, -0.2) is 12.9 Å². The van der Waals surface area contributed by atoms with Crippen molar-refractivity contribution in [1.29, 1.82) is 0 Å². The third-order valence-corrected chi connectivity index (χ3v) is 2.16. The van der Waals surface area contributed by atoms with Gasteiger partial charge in [0, 0.05) is 11.5 Å². The van der Waals surface area contributed by atoms with E-state index in [4.69, 9.17) is 10.5 Å². The zero-order valence-electron chi connectivity index (χ0n) is 10.0. The van der Waals surface area contributed by atoms with E-state index in [-0.39, 0.29) is 11.1 Å². The molecular weight excluding hydrogens is 207 g/mol. The average molecular weight is 224 g/mol. The molecule has 0 bridgehead atoms. The minimum absolute atomic E-state index is 0.201. The fraction of sp³-hybridized carbons (Fsp3) is 0.417. The first-order valence-electron chi connectivity index (χ1n) is 5.03. The Balaban J connectivity index is 3.14. The number of nitrogens with two attached hydrogens (primary N) is 1. The van der Waals surface area contributed by atoms with Gasteiger partial charge in [0.15, 0.2) is 0 Å². The number of hydrogen-bond donors (Lipinski definition) is 1. The normalized spacial score (nSPS) is 12.7. The summed E-state index contributed by atoms with van der Waals surface area (Å²) in [5.74, 6) is 0.537. The summed E-state index contributed by atoms with van der Waals surface area (Å²) in [5.41, 5.74) is 5.70. The van der Waals surface area contributed by atoms with E-state index in [9.17, 15) is 4.39 Å². The third-order valence-electron chi connectivity index (χ3n) is 2.16. The molecule has 88 valence electrons. The highest BCUT2D eigenvalue weighted by Gasteiger charge is 2.16. The van der Waals surface area contributed by atoms with Crippen LogP contribution in [-0.2, 0) is 0 Å². The Hall–Kier alpha value is -1.58. The van der Waals surface area contributed by atoms with Crippen LogP contribution in [0.2, 0.25) is 0 Å². The molecule has 0 unspecified atom stereocenters. The number of halogens is 1. The zero-order valence-corrected chi connectivity index (χ0v) is 10.0. The van der Waals surface area contributed by atoms with Gasteiger partial charge in [0.25, 0.3) is 0 Å². The Kier molecular flexibility index (Phi) is 3.52. The van der Waals surface area contributed by atoms with E-state index in [1.807, 2.05) is 20.8 Å². The summed E-state index contributed by atoms with van der Waals surface area (Å²) < 4.78 is 18.4. The summed E-state index contributed by atoms with van der Waals surface area (Å²) >= 11 is 0. The highest BCUT2D eigenvalue weighted by molar-refractivity contribution is 5.87. The van der Waals surface area contributed by atoms with Gasteiger partial charge in [-0.25, -0.2) is 9.38 Å². The van der Waals surface area contributed by atoms with Crippen LogP contribution in [0.3, 0.4) is 0 Å². The van der Waals surface area contributed by atoms with E-state index in [0.29, 0.717) is 11.6 Å². The molecule has 2 N–H and O–H groups in total. The van der Waals surface area contributed by atoms with E-state index in [1.165, 1.54) is 19.2 Å². The molecule has 0 saturated heterocycles. The van der Waals surface area contributed by atoms with Gasteiger partial charge in [0.05, 0.1) is 7.11 Å². The summed E-state index contributed by atoms with van der Waals surface area (Å²) in [7, 11) is 1.52. The first kappa shape index (κ1) is 12.5. The number of ether oxygens (including phenoxy) is 1. The minimum atomic E-state index is -0.409. The molecule has 0 spiro atoms. The molecule has 3 nitrogen and oxygen atoms in total. The number of methoxy groups -OCH3 is 1. The Morgan fingerprint density at radius 1 is 1.38 bits per heavy atom. The molecule has 0 radical (unpaired) electrons. The molecule has 0 saturated carbocycles. The highest BCUT2D eigenvalue weighted by Crippen LogP contribution is 2.25. The van der Waals surface area contributed by atoms with Crippen molar-refractivity contribution < 1.29 is 9.13 Å². The van der Waals surface area contributed by atoms with E-state index in [0.717, 1.165) is 0 Å². The fourth-order valence-electron chi connectivity index (χ4n) is 1.00. The smallest absolute Gasteiger partial charge is 0.149 e. The molecule has 16 heavy (non-hydrogen) atoms. The van der Waals surface area contributed by atoms with Gasteiger partial charge >= 0.3 is 0 Å².